The summed E-state index contributed by atoms with van der Waals surface area (Å²) < 4.78 is 12.8. The average molecular weight is 329 g/mol. The molecule has 0 saturated carbocycles. The molecule has 2 N–H and O–H groups in total. The van der Waals surface area contributed by atoms with Crippen molar-refractivity contribution in [3.63, 3.8) is 0 Å². The van der Waals surface area contributed by atoms with Crippen LogP contribution in [0.15, 0.2) is 42.6 Å². The van der Waals surface area contributed by atoms with Crippen molar-refractivity contribution < 1.29 is 14.0 Å². The summed E-state index contributed by atoms with van der Waals surface area (Å²) >= 11 is 0. The van der Waals surface area contributed by atoms with Crippen LogP contribution in [0, 0.1) is 5.82 Å². The molecule has 0 radical (unpaired) electrons. The highest BCUT2D eigenvalue weighted by Gasteiger charge is 2.11. The first kappa shape index (κ1) is 17.6. The van der Waals surface area contributed by atoms with Crippen molar-refractivity contribution in [1.82, 2.24) is 15.6 Å². The minimum Gasteiger partial charge on any atom is -0.351 e. The van der Waals surface area contributed by atoms with Crippen LogP contribution in [0.2, 0.25) is 0 Å². The lowest BCUT2D eigenvalue weighted by Gasteiger charge is -2.07. The molecule has 6 heteroatoms. The number of carbonyl (C=O) groups is 2. The highest BCUT2D eigenvalue weighted by Crippen LogP contribution is 2.05. The first-order valence-electron chi connectivity index (χ1n) is 7.87. The van der Waals surface area contributed by atoms with E-state index in [4.69, 9.17) is 0 Å². The molecule has 0 fully saturated rings. The Bertz CT molecular complexity index is 702. The first-order chi connectivity index (χ1) is 11.6. The monoisotopic (exact) mass is 329 g/mol. The Morgan fingerprint density at radius 2 is 1.83 bits per heavy atom. The number of pyridine rings is 1. The van der Waals surface area contributed by atoms with Gasteiger partial charge in [0.1, 0.15) is 11.5 Å². The van der Waals surface area contributed by atoms with Crippen LogP contribution >= 0.6 is 0 Å². The summed E-state index contributed by atoms with van der Waals surface area (Å²) in [4.78, 5) is 28.1. The van der Waals surface area contributed by atoms with Gasteiger partial charge in [-0.1, -0.05) is 25.5 Å². The second kappa shape index (κ2) is 8.76. The topological polar surface area (TPSA) is 71.1 Å². The van der Waals surface area contributed by atoms with Crippen molar-refractivity contribution in [2.75, 3.05) is 6.54 Å². The molecular weight excluding hydrogens is 309 g/mol. The third kappa shape index (κ3) is 5.15. The molecule has 0 aliphatic carbocycles. The molecule has 2 amide bonds. The summed E-state index contributed by atoms with van der Waals surface area (Å²) in [6.07, 6.45) is 3.31. The number of hydrogen-bond donors (Lipinski definition) is 2. The molecule has 1 heterocycles. The smallest absolute Gasteiger partial charge is 0.269 e. The largest absolute Gasteiger partial charge is 0.351 e. The van der Waals surface area contributed by atoms with E-state index >= 15 is 0 Å². The summed E-state index contributed by atoms with van der Waals surface area (Å²) in [5.41, 5.74) is 1.35. The van der Waals surface area contributed by atoms with Crippen molar-refractivity contribution in [3.05, 3.63) is 65.2 Å². The highest BCUT2D eigenvalue weighted by molar-refractivity contribution is 5.98. The molecule has 2 aromatic rings. The fourth-order valence-corrected chi connectivity index (χ4v) is 2.05. The first-order valence-corrected chi connectivity index (χ1v) is 7.87. The third-order valence-electron chi connectivity index (χ3n) is 3.44. The summed E-state index contributed by atoms with van der Waals surface area (Å²) in [7, 11) is 0. The standard InChI is InChI=1S/C18H20FN3O2/c1-2-3-9-21-18(24)16-11-14(8-10-20-16)17(23)22-12-13-4-6-15(19)7-5-13/h4-8,10-11H,2-3,9,12H2,1H3,(H,21,24)(H,22,23). The minimum atomic E-state index is -0.321. The lowest BCUT2D eigenvalue weighted by atomic mass is 10.2. The van der Waals surface area contributed by atoms with E-state index in [0.717, 1.165) is 18.4 Å². The number of nitrogens with one attached hydrogen (secondary N) is 2. The van der Waals surface area contributed by atoms with Gasteiger partial charge in [0.25, 0.3) is 11.8 Å². The van der Waals surface area contributed by atoms with Crippen LogP contribution in [0.4, 0.5) is 4.39 Å². The van der Waals surface area contributed by atoms with Gasteiger partial charge in [-0.15, -0.1) is 0 Å². The predicted octanol–water partition coefficient (Wildman–Crippen LogP) is 2.68. The zero-order chi connectivity index (χ0) is 17.4. The second-order valence-corrected chi connectivity index (χ2v) is 5.35. The summed E-state index contributed by atoms with van der Waals surface area (Å²) in [6, 6.07) is 8.90. The van der Waals surface area contributed by atoms with Crippen molar-refractivity contribution in [2.24, 2.45) is 0 Å². The number of benzene rings is 1. The average Bonchev–Trinajstić information content (AvgIpc) is 2.61. The second-order valence-electron chi connectivity index (χ2n) is 5.35. The van der Waals surface area contributed by atoms with Crippen LogP contribution in [-0.4, -0.2) is 23.3 Å². The van der Waals surface area contributed by atoms with E-state index in [9.17, 15) is 14.0 Å². The Morgan fingerprint density at radius 3 is 2.54 bits per heavy atom. The third-order valence-corrected chi connectivity index (χ3v) is 3.44. The summed E-state index contributed by atoms with van der Waals surface area (Å²) in [5, 5.41) is 5.49. The molecule has 0 aliphatic heterocycles. The van der Waals surface area contributed by atoms with E-state index in [2.05, 4.69) is 15.6 Å². The van der Waals surface area contributed by atoms with Crippen molar-refractivity contribution >= 4 is 11.8 Å². The fraction of sp³-hybridized carbons (Fsp3) is 0.278. The number of amides is 2. The van der Waals surface area contributed by atoms with E-state index < -0.39 is 0 Å². The molecule has 0 saturated heterocycles. The van der Waals surface area contributed by atoms with Crippen molar-refractivity contribution in [1.29, 1.82) is 0 Å². The van der Waals surface area contributed by atoms with E-state index in [1.807, 2.05) is 6.92 Å². The van der Waals surface area contributed by atoms with Gasteiger partial charge in [0.2, 0.25) is 0 Å². The number of carbonyl (C=O) groups excluding carboxylic acids is 2. The molecule has 0 atom stereocenters. The van der Waals surface area contributed by atoms with Gasteiger partial charge < -0.3 is 10.6 Å². The van der Waals surface area contributed by atoms with E-state index in [1.165, 1.54) is 24.4 Å². The van der Waals surface area contributed by atoms with Crippen LogP contribution in [0.5, 0.6) is 0 Å². The van der Waals surface area contributed by atoms with Crippen molar-refractivity contribution in [3.8, 4) is 0 Å². The van der Waals surface area contributed by atoms with E-state index in [1.54, 1.807) is 18.2 Å². The zero-order valence-corrected chi connectivity index (χ0v) is 13.5. The van der Waals surface area contributed by atoms with Gasteiger partial charge >= 0.3 is 0 Å². The maximum atomic E-state index is 12.8. The molecule has 0 unspecified atom stereocenters. The predicted molar refractivity (Wildman–Crippen MR) is 89.0 cm³/mol. The molecule has 2 rings (SSSR count). The molecule has 24 heavy (non-hydrogen) atoms. The van der Waals surface area contributed by atoms with Gasteiger partial charge in [-0.05, 0) is 36.2 Å². The zero-order valence-electron chi connectivity index (χ0n) is 13.5. The highest BCUT2D eigenvalue weighted by atomic mass is 19.1. The number of halogens is 1. The lowest BCUT2D eigenvalue weighted by Crippen LogP contribution is -2.27. The Balaban J connectivity index is 1.95. The lowest BCUT2D eigenvalue weighted by molar-refractivity contribution is 0.0948. The number of aromatic nitrogens is 1. The van der Waals surface area contributed by atoms with Gasteiger partial charge in [-0.2, -0.15) is 0 Å². The van der Waals surface area contributed by atoms with Gasteiger partial charge in [-0.3, -0.25) is 14.6 Å². The molecule has 126 valence electrons. The molecule has 0 aliphatic rings. The Hall–Kier alpha value is -2.76. The van der Waals surface area contributed by atoms with Crippen molar-refractivity contribution in [2.45, 2.75) is 26.3 Å². The molecule has 1 aromatic carbocycles. The van der Waals surface area contributed by atoms with Gasteiger partial charge in [0.15, 0.2) is 0 Å². The quantitative estimate of drug-likeness (QED) is 0.767. The Kier molecular flexibility index (Phi) is 6.42. The molecular formula is C18H20FN3O2. The van der Waals surface area contributed by atoms with Crippen LogP contribution in [0.3, 0.4) is 0 Å². The minimum absolute atomic E-state index is 0.209. The van der Waals surface area contributed by atoms with Gasteiger partial charge in [0.05, 0.1) is 0 Å². The fourth-order valence-electron chi connectivity index (χ4n) is 2.05. The number of nitrogens with zero attached hydrogens (tertiary/aromatic N) is 1. The molecule has 5 nitrogen and oxygen atoms in total. The van der Waals surface area contributed by atoms with Crippen LogP contribution in [-0.2, 0) is 6.54 Å². The van der Waals surface area contributed by atoms with Crippen LogP contribution in [0.1, 0.15) is 46.2 Å². The normalized spacial score (nSPS) is 10.2. The van der Waals surface area contributed by atoms with E-state index in [-0.39, 0.29) is 29.9 Å². The maximum absolute atomic E-state index is 12.8. The number of hydrogen-bond acceptors (Lipinski definition) is 3. The Morgan fingerprint density at radius 1 is 1.08 bits per heavy atom. The number of rotatable bonds is 7. The van der Waals surface area contributed by atoms with Crippen LogP contribution < -0.4 is 10.6 Å². The Labute approximate surface area is 140 Å². The van der Waals surface area contributed by atoms with Crippen LogP contribution in [0.25, 0.3) is 0 Å². The molecule has 0 spiro atoms. The maximum Gasteiger partial charge on any atom is 0.269 e. The van der Waals surface area contributed by atoms with Gasteiger partial charge in [0, 0.05) is 24.8 Å². The summed E-state index contributed by atoms with van der Waals surface area (Å²) in [6.45, 7) is 2.90. The SMILES string of the molecule is CCCCNC(=O)c1cc(C(=O)NCc2ccc(F)cc2)ccn1. The van der Waals surface area contributed by atoms with Gasteiger partial charge in [-0.25, -0.2) is 4.39 Å². The number of unbranched alkanes of at least 4 members (excludes halogenated alkanes) is 1. The summed E-state index contributed by atoms with van der Waals surface area (Å²) in [5.74, 6) is -0.932. The molecule has 1 aromatic heterocycles. The molecule has 0 bridgehead atoms. The van der Waals surface area contributed by atoms with E-state index in [0.29, 0.717) is 12.1 Å².